The molecule has 0 amide bonds. The molecule has 3 nitrogen and oxygen atoms in total. The van der Waals surface area contributed by atoms with Crippen LogP contribution < -0.4 is 10.6 Å². The molecular weight excluding hydrogens is 188 g/mol. The number of hydrogen-bond donors (Lipinski definition) is 2. The Bertz CT molecular complexity index is 351. The Balaban J connectivity index is 2.20. The molecule has 0 saturated heterocycles. The topological polar surface area (TPSA) is 49.5 Å². The zero-order chi connectivity index (χ0) is 10.8. The highest BCUT2D eigenvalue weighted by molar-refractivity contribution is 5.74. The van der Waals surface area contributed by atoms with Crippen molar-refractivity contribution < 1.29 is 5.11 Å². The Hall–Kier alpha value is -1.22. The molecule has 1 aliphatic rings. The third kappa shape index (κ3) is 1.92. The zero-order valence-electron chi connectivity index (χ0n) is 9.11. The van der Waals surface area contributed by atoms with Crippen LogP contribution in [0.5, 0.6) is 0 Å². The smallest absolute Gasteiger partial charge is 0.0633 e. The van der Waals surface area contributed by atoms with E-state index in [2.05, 4.69) is 17.9 Å². The maximum Gasteiger partial charge on any atom is 0.0633 e. The summed E-state index contributed by atoms with van der Waals surface area (Å²) in [6.45, 7) is 4.20. The van der Waals surface area contributed by atoms with Gasteiger partial charge in [0.25, 0.3) is 0 Å². The van der Waals surface area contributed by atoms with Gasteiger partial charge in [0.1, 0.15) is 0 Å². The van der Waals surface area contributed by atoms with Crippen LogP contribution in [0.4, 0.5) is 11.4 Å². The summed E-state index contributed by atoms with van der Waals surface area (Å²) < 4.78 is 0. The lowest BCUT2D eigenvalue weighted by atomic mass is 10.1. The van der Waals surface area contributed by atoms with Crippen LogP contribution in [-0.4, -0.2) is 24.8 Å². The molecule has 15 heavy (non-hydrogen) atoms. The van der Waals surface area contributed by atoms with Crippen molar-refractivity contribution in [3.63, 3.8) is 0 Å². The first-order valence-electron chi connectivity index (χ1n) is 5.45. The Kier molecular flexibility index (Phi) is 2.82. The molecular formula is C12H18N2O. The molecule has 0 radical (unpaired) electrons. The average Bonchev–Trinajstić information content (AvgIpc) is 2.63. The van der Waals surface area contributed by atoms with Crippen LogP contribution in [0, 0.1) is 5.92 Å². The summed E-state index contributed by atoms with van der Waals surface area (Å²) in [7, 11) is 0. The van der Waals surface area contributed by atoms with Crippen molar-refractivity contribution in [3.8, 4) is 0 Å². The van der Waals surface area contributed by atoms with Crippen molar-refractivity contribution in [2.24, 2.45) is 5.92 Å². The molecule has 0 saturated carbocycles. The average molecular weight is 206 g/mol. The second-order valence-corrected chi connectivity index (χ2v) is 4.34. The lowest BCUT2D eigenvalue weighted by Gasteiger charge is -2.23. The zero-order valence-corrected chi connectivity index (χ0v) is 9.11. The Morgan fingerprint density at radius 1 is 1.53 bits per heavy atom. The number of para-hydroxylation sites is 1. The van der Waals surface area contributed by atoms with Crippen LogP contribution in [0.2, 0.25) is 0 Å². The van der Waals surface area contributed by atoms with Crippen LogP contribution in [-0.2, 0) is 6.42 Å². The molecule has 82 valence electrons. The van der Waals surface area contributed by atoms with Gasteiger partial charge >= 0.3 is 0 Å². The minimum Gasteiger partial charge on any atom is -0.397 e. The molecule has 0 aromatic heterocycles. The van der Waals surface area contributed by atoms with E-state index in [0.717, 1.165) is 25.2 Å². The molecule has 1 atom stereocenters. The van der Waals surface area contributed by atoms with E-state index < -0.39 is 0 Å². The second kappa shape index (κ2) is 4.11. The number of nitrogens with two attached hydrogens (primary N) is 1. The number of nitrogen functional groups attached to an aromatic ring is 1. The second-order valence-electron chi connectivity index (χ2n) is 4.34. The van der Waals surface area contributed by atoms with Crippen molar-refractivity contribution >= 4 is 11.4 Å². The van der Waals surface area contributed by atoms with E-state index in [1.54, 1.807) is 0 Å². The molecule has 2 rings (SSSR count). The van der Waals surface area contributed by atoms with Gasteiger partial charge in [0.05, 0.1) is 11.4 Å². The summed E-state index contributed by atoms with van der Waals surface area (Å²) in [6.07, 6.45) is 1.07. The molecule has 3 heteroatoms. The number of benzene rings is 1. The molecule has 0 aliphatic carbocycles. The lowest BCUT2D eigenvalue weighted by molar-refractivity contribution is 0.239. The third-order valence-corrected chi connectivity index (χ3v) is 2.96. The van der Waals surface area contributed by atoms with Gasteiger partial charge in [-0.2, -0.15) is 0 Å². The van der Waals surface area contributed by atoms with Crippen molar-refractivity contribution in [2.45, 2.75) is 13.3 Å². The SMILES string of the molecule is CC(CO)CN1CCc2cccc(N)c21. The van der Waals surface area contributed by atoms with E-state index in [1.807, 2.05) is 12.1 Å². The van der Waals surface area contributed by atoms with Crippen molar-refractivity contribution in [1.82, 2.24) is 0 Å². The summed E-state index contributed by atoms with van der Waals surface area (Å²) in [5.41, 5.74) is 9.34. The van der Waals surface area contributed by atoms with E-state index in [-0.39, 0.29) is 6.61 Å². The number of anilines is 2. The largest absolute Gasteiger partial charge is 0.397 e. The summed E-state index contributed by atoms with van der Waals surface area (Å²) in [4.78, 5) is 2.28. The van der Waals surface area contributed by atoms with E-state index in [9.17, 15) is 0 Å². The van der Waals surface area contributed by atoms with Crippen molar-refractivity contribution in [2.75, 3.05) is 30.3 Å². The van der Waals surface area contributed by atoms with Gasteiger partial charge in [-0.05, 0) is 24.0 Å². The van der Waals surface area contributed by atoms with E-state index in [0.29, 0.717) is 5.92 Å². The van der Waals surface area contributed by atoms with Crippen LogP contribution in [0.1, 0.15) is 12.5 Å². The van der Waals surface area contributed by atoms with E-state index in [4.69, 9.17) is 10.8 Å². The number of nitrogens with zero attached hydrogens (tertiary/aromatic N) is 1. The highest BCUT2D eigenvalue weighted by Gasteiger charge is 2.22. The summed E-state index contributed by atoms with van der Waals surface area (Å²) >= 11 is 0. The maximum absolute atomic E-state index is 9.05. The number of fused-ring (bicyclic) bond motifs is 1. The van der Waals surface area contributed by atoms with Crippen molar-refractivity contribution in [3.05, 3.63) is 23.8 Å². The Morgan fingerprint density at radius 3 is 3.07 bits per heavy atom. The molecule has 3 N–H and O–H groups in total. The quantitative estimate of drug-likeness (QED) is 0.732. The molecule has 1 heterocycles. The van der Waals surface area contributed by atoms with Crippen LogP contribution in [0.3, 0.4) is 0 Å². The standard InChI is InChI=1S/C12H18N2O/c1-9(8-15)7-14-6-5-10-3-2-4-11(13)12(10)14/h2-4,9,15H,5-8,13H2,1H3. The minimum atomic E-state index is 0.235. The van der Waals surface area contributed by atoms with Gasteiger partial charge in [0, 0.05) is 19.7 Å². The van der Waals surface area contributed by atoms with E-state index >= 15 is 0 Å². The number of hydrogen-bond acceptors (Lipinski definition) is 3. The molecule has 0 fully saturated rings. The molecule has 0 bridgehead atoms. The number of aliphatic hydroxyl groups excluding tert-OH is 1. The van der Waals surface area contributed by atoms with Gasteiger partial charge in [0.15, 0.2) is 0 Å². The number of rotatable bonds is 3. The first-order valence-corrected chi connectivity index (χ1v) is 5.45. The van der Waals surface area contributed by atoms with E-state index in [1.165, 1.54) is 11.3 Å². The predicted molar refractivity (Wildman–Crippen MR) is 63.0 cm³/mol. The fourth-order valence-electron chi connectivity index (χ4n) is 2.18. The fraction of sp³-hybridized carbons (Fsp3) is 0.500. The number of aliphatic hydroxyl groups is 1. The van der Waals surface area contributed by atoms with Gasteiger partial charge in [-0.3, -0.25) is 0 Å². The normalized spacial score (nSPS) is 16.5. The van der Waals surface area contributed by atoms with Gasteiger partial charge < -0.3 is 15.7 Å². The maximum atomic E-state index is 9.05. The monoisotopic (exact) mass is 206 g/mol. The van der Waals surface area contributed by atoms with Gasteiger partial charge in [-0.25, -0.2) is 0 Å². The Labute approximate surface area is 90.5 Å². The first-order chi connectivity index (χ1) is 7.22. The fourth-order valence-corrected chi connectivity index (χ4v) is 2.18. The first kappa shape index (κ1) is 10.3. The van der Waals surface area contributed by atoms with Crippen LogP contribution in [0.15, 0.2) is 18.2 Å². The summed E-state index contributed by atoms with van der Waals surface area (Å²) in [6, 6.07) is 6.09. The Morgan fingerprint density at radius 2 is 2.33 bits per heavy atom. The molecule has 1 aliphatic heterocycles. The summed E-state index contributed by atoms with van der Waals surface area (Å²) in [5.74, 6) is 0.301. The van der Waals surface area contributed by atoms with Crippen molar-refractivity contribution in [1.29, 1.82) is 0 Å². The molecule has 0 spiro atoms. The third-order valence-electron chi connectivity index (χ3n) is 2.96. The van der Waals surface area contributed by atoms with Gasteiger partial charge in [0.2, 0.25) is 0 Å². The molecule has 1 aromatic rings. The summed E-state index contributed by atoms with van der Waals surface area (Å²) in [5, 5.41) is 9.05. The molecule has 1 aromatic carbocycles. The minimum absolute atomic E-state index is 0.235. The molecule has 1 unspecified atom stereocenters. The predicted octanol–water partition coefficient (Wildman–Crippen LogP) is 1.26. The highest BCUT2D eigenvalue weighted by atomic mass is 16.3. The van der Waals surface area contributed by atoms with Crippen LogP contribution >= 0.6 is 0 Å². The van der Waals surface area contributed by atoms with Crippen LogP contribution in [0.25, 0.3) is 0 Å². The highest BCUT2D eigenvalue weighted by Crippen LogP contribution is 2.33. The van der Waals surface area contributed by atoms with Gasteiger partial charge in [-0.15, -0.1) is 0 Å². The lowest BCUT2D eigenvalue weighted by Crippen LogP contribution is -2.28. The van der Waals surface area contributed by atoms with Gasteiger partial charge in [-0.1, -0.05) is 19.1 Å².